The molecule has 0 heterocycles. The third-order valence-electron chi connectivity index (χ3n) is 13.2. The van der Waals surface area contributed by atoms with Crippen molar-refractivity contribution >= 4 is 0 Å². The van der Waals surface area contributed by atoms with Crippen LogP contribution in [0.3, 0.4) is 0 Å². The summed E-state index contributed by atoms with van der Waals surface area (Å²) in [5.74, 6) is 7.25. The van der Waals surface area contributed by atoms with Gasteiger partial charge in [0.25, 0.3) is 0 Å². The van der Waals surface area contributed by atoms with E-state index in [2.05, 4.69) is 120 Å². The molecule has 0 radical (unpaired) electrons. The number of benzene rings is 2. The predicted molar refractivity (Wildman–Crippen MR) is 170 cm³/mol. The molecule has 210 valence electrons. The second-order valence-corrected chi connectivity index (χ2v) is 15.5. The van der Waals surface area contributed by atoms with Crippen molar-refractivity contribution in [2.75, 3.05) is 0 Å². The maximum absolute atomic E-state index is 2.77. The van der Waals surface area contributed by atoms with Gasteiger partial charge in [-0.25, -0.2) is 0 Å². The van der Waals surface area contributed by atoms with Gasteiger partial charge in [-0.15, -0.1) is 0 Å². The van der Waals surface area contributed by atoms with E-state index < -0.39 is 0 Å². The summed E-state index contributed by atoms with van der Waals surface area (Å²) < 4.78 is 0. The second kappa shape index (κ2) is 9.61. The van der Waals surface area contributed by atoms with Crippen LogP contribution in [0.25, 0.3) is 11.1 Å². The smallest absolute Gasteiger partial charge is 0.00241 e. The zero-order valence-electron chi connectivity index (χ0n) is 25.7. The molecule has 3 fully saturated rings. The van der Waals surface area contributed by atoms with Crippen molar-refractivity contribution in [2.24, 2.45) is 58.2 Å². The van der Waals surface area contributed by atoms with Crippen molar-refractivity contribution in [3.63, 3.8) is 0 Å². The molecule has 7 rings (SSSR count). The number of hydrogen-bond donors (Lipinski definition) is 0. The molecule has 40 heavy (non-hydrogen) atoms. The summed E-state index contributed by atoms with van der Waals surface area (Å²) in [7, 11) is 0. The van der Waals surface area contributed by atoms with Crippen LogP contribution in [0.5, 0.6) is 0 Å². The standard InChI is InChI=1S/C40H50/c1-25-15-16-32(22-33(25)38-26(2)34-23-36(34)39(3,4)40(5,6)37-24-35(37)38)31-14-10-13-30(21-31)29-19-17-28(18-20-29)27-11-8-7-9-12-27/h7-9,11-12,15-22,25-26,30,33-38H,10,13-14,23-24H2,1-6H3. The SMILES string of the molecule is CC1C=CC(C2=CC(c3ccc(-c4ccccc4)cc3)CCC2)=CC1C1C(C)C2CC2C(C)(C)C(C)(C)C2CC12. The maximum Gasteiger partial charge on any atom is 0.00241 e. The fourth-order valence-electron chi connectivity index (χ4n) is 9.82. The average molecular weight is 531 g/mol. The lowest BCUT2D eigenvalue weighted by Crippen LogP contribution is -2.42. The van der Waals surface area contributed by atoms with Gasteiger partial charge in [-0.05, 0) is 118 Å². The van der Waals surface area contributed by atoms with Crippen molar-refractivity contribution in [1.82, 2.24) is 0 Å². The van der Waals surface area contributed by atoms with E-state index in [-0.39, 0.29) is 0 Å². The summed E-state index contributed by atoms with van der Waals surface area (Å²) in [6, 6.07) is 20.2. The average Bonchev–Trinajstić information content (AvgIpc) is 3.89. The van der Waals surface area contributed by atoms with E-state index in [1.807, 2.05) is 0 Å². The topological polar surface area (TPSA) is 0 Å². The molecule has 5 aliphatic rings. The van der Waals surface area contributed by atoms with Crippen LogP contribution >= 0.6 is 0 Å². The Morgan fingerprint density at radius 1 is 0.725 bits per heavy atom. The van der Waals surface area contributed by atoms with Gasteiger partial charge in [-0.1, -0.05) is 120 Å². The molecule has 0 amide bonds. The van der Waals surface area contributed by atoms with E-state index in [9.17, 15) is 0 Å². The molecule has 0 spiro atoms. The largest absolute Gasteiger partial charge is 0.0805 e. The van der Waals surface area contributed by atoms with Gasteiger partial charge in [0.2, 0.25) is 0 Å². The highest BCUT2D eigenvalue weighted by atomic mass is 14.7. The molecule has 0 bridgehead atoms. The number of fused-ring (bicyclic) bond motifs is 2. The lowest BCUT2D eigenvalue weighted by atomic mass is 9.57. The van der Waals surface area contributed by atoms with Crippen LogP contribution in [0.4, 0.5) is 0 Å². The normalized spacial score (nSPS) is 39.1. The zero-order chi connectivity index (χ0) is 27.8. The van der Waals surface area contributed by atoms with Crippen molar-refractivity contribution < 1.29 is 0 Å². The molecule has 9 unspecified atom stereocenters. The summed E-state index contributed by atoms with van der Waals surface area (Å²) in [6.07, 6.45) is 17.2. The Labute approximate surface area is 244 Å². The first kappa shape index (κ1) is 26.6. The Hall–Kier alpha value is -2.34. The van der Waals surface area contributed by atoms with E-state index in [4.69, 9.17) is 0 Å². The summed E-state index contributed by atoms with van der Waals surface area (Å²) in [5, 5.41) is 0. The number of hydrogen-bond acceptors (Lipinski definition) is 0. The van der Waals surface area contributed by atoms with Crippen molar-refractivity contribution in [2.45, 2.75) is 79.6 Å². The zero-order valence-corrected chi connectivity index (χ0v) is 25.7. The number of allylic oxidation sites excluding steroid dienone is 6. The quantitative estimate of drug-likeness (QED) is 0.369. The molecule has 2 aromatic rings. The Morgan fingerprint density at radius 2 is 1.38 bits per heavy atom. The highest BCUT2D eigenvalue weighted by molar-refractivity contribution is 5.63. The molecule has 5 aliphatic carbocycles. The minimum Gasteiger partial charge on any atom is -0.0805 e. The monoisotopic (exact) mass is 530 g/mol. The van der Waals surface area contributed by atoms with Crippen LogP contribution in [0.2, 0.25) is 0 Å². The van der Waals surface area contributed by atoms with Crippen molar-refractivity contribution in [3.05, 3.63) is 95.6 Å². The molecule has 0 nitrogen and oxygen atoms in total. The highest BCUT2D eigenvalue weighted by Gasteiger charge is 2.67. The van der Waals surface area contributed by atoms with E-state index in [1.54, 1.807) is 11.1 Å². The van der Waals surface area contributed by atoms with Gasteiger partial charge in [0, 0.05) is 5.92 Å². The van der Waals surface area contributed by atoms with Crippen LogP contribution in [0.1, 0.15) is 85.1 Å². The van der Waals surface area contributed by atoms with Gasteiger partial charge in [-0.2, -0.15) is 0 Å². The van der Waals surface area contributed by atoms with Crippen LogP contribution < -0.4 is 0 Å². The van der Waals surface area contributed by atoms with E-state index in [1.165, 1.54) is 48.8 Å². The van der Waals surface area contributed by atoms with E-state index in [0.29, 0.717) is 28.6 Å². The van der Waals surface area contributed by atoms with Gasteiger partial charge in [0.05, 0.1) is 0 Å². The molecule has 0 aromatic heterocycles. The first-order valence-electron chi connectivity index (χ1n) is 16.4. The summed E-state index contributed by atoms with van der Waals surface area (Å²) in [6.45, 7) is 15.6. The predicted octanol–water partition coefficient (Wildman–Crippen LogP) is 10.9. The van der Waals surface area contributed by atoms with Gasteiger partial charge in [-0.3, -0.25) is 0 Å². The fraction of sp³-hybridized carbons (Fsp3) is 0.550. The molecular weight excluding hydrogens is 480 g/mol. The summed E-state index contributed by atoms with van der Waals surface area (Å²) in [4.78, 5) is 0. The van der Waals surface area contributed by atoms with Crippen LogP contribution in [-0.2, 0) is 0 Å². The van der Waals surface area contributed by atoms with Gasteiger partial charge in [0.1, 0.15) is 0 Å². The second-order valence-electron chi connectivity index (χ2n) is 15.5. The van der Waals surface area contributed by atoms with E-state index >= 15 is 0 Å². The van der Waals surface area contributed by atoms with Crippen LogP contribution in [0, 0.1) is 58.2 Å². The Bertz CT molecular complexity index is 1330. The maximum atomic E-state index is 2.77. The van der Waals surface area contributed by atoms with Gasteiger partial charge >= 0.3 is 0 Å². The first-order chi connectivity index (χ1) is 19.2. The molecule has 0 heteroatoms. The lowest BCUT2D eigenvalue weighted by Gasteiger charge is -2.47. The lowest BCUT2D eigenvalue weighted by molar-refractivity contribution is 0.0135. The molecule has 9 atom stereocenters. The summed E-state index contributed by atoms with van der Waals surface area (Å²) >= 11 is 0. The minimum absolute atomic E-state index is 0.449. The molecule has 0 saturated heterocycles. The van der Waals surface area contributed by atoms with Crippen molar-refractivity contribution in [3.8, 4) is 11.1 Å². The number of rotatable bonds is 4. The van der Waals surface area contributed by atoms with Gasteiger partial charge in [0.15, 0.2) is 0 Å². The highest BCUT2D eigenvalue weighted by Crippen LogP contribution is 2.73. The molecular formula is C40H50. The molecule has 2 aromatic carbocycles. The molecule has 3 saturated carbocycles. The molecule has 0 N–H and O–H groups in total. The van der Waals surface area contributed by atoms with Crippen LogP contribution in [-0.4, -0.2) is 0 Å². The van der Waals surface area contributed by atoms with Crippen LogP contribution in [0.15, 0.2) is 90.0 Å². The third-order valence-corrected chi connectivity index (χ3v) is 13.2. The minimum atomic E-state index is 0.449. The Balaban J connectivity index is 1.15. The Kier molecular flexibility index (Phi) is 6.38. The Morgan fingerprint density at radius 3 is 2.10 bits per heavy atom. The van der Waals surface area contributed by atoms with Crippen molar-refractivity contribution in [1.29, 1.82) is 0 Å². The third kappa shape index (κ3) is 4.31. The first-order valence-corrected chi connectivity index (χ1v) is 16.4. The van der Waals surface area contributed by atoms with Gasteiger partial charge < -0.3 is 0 Å². The summed E-state index contributed by atoms with van der Waals surface area (Å²) in [5.41, 5.74) is 8.16. The molecule has 0 aliphatic heterocycles. The fourth-order valence-corrected chi connectivity index (χ4v) is 9.82. The van der Waals surface area contributed by atoms with E-state index in [0.717, 1.165) is 35.5 Å².